The fraction of sp³-hybridized carbons (Fsp3) is 0.115. The van der Waals surface area contributed by atoms with Crippen LogP contribution in [0.15, 0.2) is 94.0 Å². The van der Waals surface area contributed by atoms with Gasteiger partial charge in [0.25, 0.3) is 5.76 Å². The number of alkyl halides is 2. The predicted octanol–water partition coefficient (Wildman–Crippen LogP) is 6.47. The third kappa shape index (κ3) is 4.98. The van der Waals surface area contributed by atoms with E-state index in [0.29, 0.717) is 28.2 Å². The lowest BCUT2D eigenvalue weighted by Crippen LogP contribution is -2.25. The zero-order valence-corrected chi connectivity index (χ0v) is 19.5. The summed E-state index contributed by atoms with van der Waals surface area (Å²) in [6, 6.07) is 25.3. The van der Waals surface area contributed by atoms with Gasteiger partial charge in [0.1, 0.15) is 0 Å². The Balaban J connectivity index is 1.33. The highest BCUT2D eigenvalue weighted by atomic mass is 32.2. The molecule has 0 radical (unpaired) electrons. The van der Waals surface area contributed by atoms with Crippen LogP contribution in [0.5, 0.6) is 0 Å². The fourth-order valence-corrected chi connectivity index (χ4v) is 5.40. The standard InChI is InChI=1S/C26H19F2N3OS2/c27-25(28)33-19-11-9-16(10-12-19)13-23-24(32)30-26(34-23)31-29-15-22-20-7-3-1-5-17(20)14-18-6-2-4-8-21(18)22/h1-12,14-15,23,25H,13H2,(H,30,31,32). The lowest BCUT2D eigenvalue weighted by Gasteiger charge is -2.07. The normalized spacial score (nSPS) is 17.4. The van der Waals surface area contributed by atoms with Crippen LogP contribution in [0.3, 0.4) is 0 Å². The van der Waals surface area contributed by atoms with Gasteiger partial charge in [-0.1, -0.05) is 84.2 Å². The average Bonchev–Trinajstić information content (AvgIpc) is 3.18. The Morgan fingerprint density at radius 1 is 0.971 bits per heavy atom. The largest absolute Gasteiger partial charge is 0.303 e. The van der Waals surface area contributed by atoms with Crippen LogP contribution in [0.4, 0.5) is 8.78 Å². The topological polar surface area (TPSA) is 53.8 Å². The minimum absolute atomic E-state index is 0.138. The summed E-state index contributed by atoms with van der Waals surface area (Å²) in [5.41, 5.74) is 1.88. The number of fused-ring (bicyclic) bond motifs is 2. The number of carbonyl (C=O) groups is 1. The SMILES string of the molecule is O=C1N/C(=N/N=Cc2c3ccccc3cc3ccccc23)SC1Cc1ccc(SC(F)F)cc1. The van der Waals surface area contributed by atoms with Crippen LogP contribution in [0.25, 0.3) is 21.5 Å². The predicted molar refractivity (Wildman–Crippen MR) is 138 cm³/mol. The minimum Gasteiger partial charge on any atom is -0.303 e. The molecule has 4 nitrogen and oxygen atoms in total. The second kappa shape index (κ2) is 9.95. The number of amidine groups is 1. The van der Waals surface area contributed by atoms with Crippen LogP contribution in [-0.4, -0.2) is 28.3 Å². The summed E-state index contributed by atoms with van der Waals surface area (Å²) in [4.78, 5) is 12.9. The molecule has 1 aliphatic rings. The number of hydrogen-bond acceptors (Lipinski definition) is 5. The van der Waals surface area contributed by atoms with E-state index < -0.39 is 5.76 Å². The van der Waals surface area contributed by atoms with Crippen molar-refractivity contribution in [2.75, 3.05) is 0 Å². The van der Waals surface area contributed by atoms with Crippen molar-refractivity contribution in [1.29, 1.82) is 0 Å². The summed E-state index contributed by atoms with van der Waals surface area (Å²) < 4.78 is 25.0. The molecule has 1 fully saturated rings. The summed E-state index contributed by atoms with van der Waals surface area (Å²) in [5, 5.41) is 15.8. The number of nitrogens with one attached hydrogen (secondary N) is 1. The van der Waals surface area contributed by atoms with Crippen molar-refractivity contribution < 1.29 is 13.6 Å². The molecule has 4 aromatic carbocycles. The van der Waals surface area contributed by atoms with Crippen molar-refractivity contribution in [2.24, 2.45) is 10.2 Å². The Morgan fingerprint density at radius 2 is 1.62 bits per heavy atom. The first-order valence-electron chi connectivity index (χ1n) is 10.6. The summed E-state index contributed by atoms with van der Waals surface area (Å²) in [7, 11) is 0. The van der Waals surface area contributed by atoms with Crippen molar-refractivity contribution in [3.05, 3.63) is 90.0 Å². The summed E-state index contributed by atoms with van der Waals surface area (Å²) >= 11 is 1.83. The maximum atomic E-state index is 12.5. The first kappa shape index (κ1) is 22.6. The third-order valence-corrected chi connectivity index (χ3v) is 7.29. The van der Waals surface area contributed by atoms with Gasteiger partial charge in [-0.25, -0.2) is 0 Å². The van der Waals surface area contributed by atoms with Gasteiger partial charge in [0.05, 0.1) is 11.5 Å². The van der Waals surface area contributed by atoms with E-state index in [4.69, 9.17) is 0 Å². The van der Waals surface area contributed by atoms with E-state index in [9.17, 15) is 13.6 Å². The molecule has 34 heavy (non-hydrogen) atoms. The van der Waals surface area contributed by atoms with Gasteiger partial charge in [-0.15, -0.1) is 5.10 Å². The molecule has 0 spiro atoms. The van der Waals surface area contributed by atoms with Crippen molar-refractivity contribution in [3.8, 4) is 0 Å². The van der Waals surface area contributed by atoms with Crippen molar-refractivity contribution in [3.63, 3.8) is 0 Å². The molecule has 170 valence electrons. The maximum absolute atomic E-state index is 12.5. The molecule has 1 heterocycles. The van der Waals surface area contributed by atoms with Crippen LogP contribution < -0.4 is 5.32 Å². The van der Waals surface area contributed by atoms with Crippen LogP contribution >= 0.6 is 23.5 Å². The van der Waals surface area contributed by atoms with Gasteiger partial charge in [-0.2, -0.15) is 13.9 Å². The first-order chi connectivity index (χ1) is 16.6. The number of nitrogens with zero attached hydrogens (tertiary/aromatic N) is 2. The van der Waals surface area contributed by atoms with E-state index in [-0.39, 0.29) is 11.2 Å². The molecule has 5 rings (SSSR count). The van der Waals surface area contributed by atoms with Gasteiger partial charge < -0.3 is 5.32 Å². The lowest BCUT2D eigenvalue weighted by molar-refractivity contribution is -0.118. The van der Waals surface area contributed by atoms with Gasteiger partial charge in [-0.3, -0.25) is 4.79 Å². The molecule has 0 aromatic heterocycles. The Bertz CT molecular complexity index is 1370. The Hall–Kier alpha value is -3.23. The van der Waals surface area contributed by atoms with Crippen LogP contribution in [0.2, 0.25) is 0 Å². The zero-order valence-electron chi connectivity index (χ0n) is 17.8. The lowest BCUT2D eigenvalue weighted by atomic mass is 9.97. The van der Waals surface area contributed by atoms with Crippen molar-refractivity contribution in [1.82, 2.24) is 5.32 Å². The summed E-state index contributed by atoms with van der Waals surface area (Å²) in [5.74, 6) is -2.59. The summed E-state index contributed by atoms with van der Waals surface area (Å²) in [6.07, 6.45) is 2.21. The van der Waals surface area contributed by atoms with Gasteiger partial charge in [-0.05, 0) is 51.7 Å². The number of thioether (sulfide) groups is 2. The van der Waals surface area contributed by atoms with E-state index in [1.165, 1.54) is 11.8 Å². The molecular formula is C26H19F2N3OS2. The molecule has 0 bridgehead atoms. The molecule has 1 unspecified atom stereocenters. The number of carbonyl (C=O) groups excluding carboxylic acids is 1. The molecule has 8 heteroatoms. The highest BCUT2D eigenvalue weighted by Gasteiger charge is 2.30. The number of benzene rings is 4. The van der Waals surface area contributed by atoms with E-state index in [1.807, 2.05) is 24.3 Å². The van der Waals surface area contributed by atoms with Crippen LogP contribution in [0, 0.1) is 0 Å². The molecule has 1 atom stereocenters. The Morgan fingerprint density at radius 3 is 2.26 bits per heavy atom. The molecule has 0 saturated carbocycles. The van der Waals surface area contributed by atoms with Crippen molar-refractivity contribution in [2.45, 2.75) is 22.3 Å². The maximum Gasteiger partial charge on any atom is 0.288 e. The third-order valence-electron chi connectivity index (χ3n) is 5.49. The van der Waals surface area contributed by atoms with Crippen LogP contribution in [0.1, 0.15) is 11.1 Å². The smallest absolute Gasteiger partial charge is 0.288 e. The highest BCUT2D eigenvalue weighted by Crippen LogP contribution is 2.29. The van der Waals surface area contributed by atoms with E-state index >= 15 is 0 Å². The number of halogens is 2. The van der Waals surface area contributed by atoms with E-state index in [0.717, 1.165) is 32.7 Å². The quantitative estimate of drug-likeness (QED) is 0.146. The van der Waals surface area contributed by atoms with Crippen LogP contribution in [-0.2, 0) is 11.2 Å². The van der Waals surface area contributed by atoms with Gasteiger partial charge in [0, 0.05) is 10.5 Å². The second-order valence-electron chi connectivity index (χ2n) is 7.70. The Labute approximate surface area is 203 Å². The summed E-state index contributed by atoms with van der Waals surface area (Å²) in [6.45, 7) is 0. The molecule has 1 saturated heterocycles. The monoisotopic (exact) mass is 491 g/mol. The average molecular weight is 492 g/mol. The molecule has 1 amide bonds. The molecule has 4 aromatic rings. The number of amides is 1. The number of hydrogen-bond donors (Lipinski definition) is 1. The highest BCUT2D eigenvalue weighted by molar-refractivity contribution is 8.15. The van der Waals surface area contributed by atoms with Crippen molar-refractivity contribution >= 4 is 62.4 Å². The molecule has 1 aliphatic heterocycles. The van der Waals surface area contributed by atoms with E-state index in [1.54, 1.807) is 30.5 Å². The molecule has 1 N–H and O–H groups in total. The Kier molecular flexibility index (Phi) is 6.60. The first-order valence-corrected chi connectivity index (χ1v) is 12.4. The zero-order chi connectivity index (χ0) is 23.5. The molecule has 0 aliphatic carbocycles. The van der Waals surface area contributed by atoms with Gasteiger partial charge >= 0.3 is 0 Å². The number of rotatable bonds is 6. The van der Waals surface area contributed by atoms with E-state index in [2.05, 4.69) is 45.9 Å². The van der Waals surface area contributed by atoms with Gasteiger partial charge in [0.2, 0.25) is 5.91 Å². The molecular weight excluding hydrogens is 472 g/mol. The second-order valence-corrected chi connectivity index (χ2v) is 9.96. The van der Waals surface area contributed by atoms with Gasteiger partial charge in [0.15, 0.2) is 5.17 Å². The fourth-order valence-electron chi connectivity index (χ4n) is 3.93. The minimum atomic E-state index is -2.45.